The van der Waals surface area contributed by atoms with Crippen molar-refractivity contribution >= 4 is 27.5 Å². The first kappa shape index (κ1) is 10.7. The number of halogens is 1. The molecule has 0 radical (unpaired) electrons. The van der Waals surface area contributed by atoms with E-state index < -0.39 is 0 Å². The van der Waals surface area contributed by atoms with Crippen LogP contribution in [0, 0.1) is 5.41 Å². The van der Waals surface area contributed by atoms with Gasteiger partial charge >= 0.3 is 0 Å². The molecule has 0 saturated heterocycles. The van der Waals surface area contributed by atoms with E-state index in [0.717, 1.165) is 10.2 Å². The number of carbonyl (C=O) groups is 1. The molecule has 2 rings (SSSR count). The average molecular weight is 268 g/mol. The van der Waals surface area contributed by atoms with Gasteiger partial charge in [-0.25, -0.2) is 0 Å². The van der Waals surface area contributed by atoms with E-state index in [0.29, 0.717) is 6.42 Å². The summed E-state index contributed by atoms with van der Waals surface area (Å²) in [7, 11) is 0. The van der Waals surface area contributed by atoms with Crippen molar-refractivity contribution in [3.05, 3.63) is 28.7 Å². The highest BCUT2D eigenvalue weighted by molar-refractivity contribution is 9.10. The summed E-state index contributed by atoms with van der Waals surface area (Å²) in [5.41, 5.74) is 1.15. The minimum Gasteiger partial charge on any atom is -0.326 e. The van der Waals surface area contributed by atoms with Gasteiger partial charge in [0.2, 0.25) is 5.91 Å². The molecule has 1 aliphatic carbocycles. The van der Waals surface area contributed by atoms with Crippen LogP contribution in [-0.2, 0) is 4.79 Å². The highest BCUT2D eigenvalue weighted by Crippen LogP contribution is 2.48. The van der Waals surface area contributed by atoms with Crippen LogP contribution < -0.4 is 5.32 Å². The predicted molar refractivity (Wildman–Crippen MR) is 64.7 cm³/mol. The van der Waals surface area contributed by atoms with Gasteiger partial charge in [-0.2, -0.15) is 0 Å². The van der Waals surface area contributed by atoms with E-state index in [1.54, 1.807) is 0 Å². The lowest BCUT2D eigenvalue weighted by atomic mass is 10.1. The number of hydrogen-bond donors (Lipinski definition) is 1. The second kappa shape index (κ2) is 3.97. The molecule has 0 aromatic heterocycles. The van der Waals surface area contributed by atoms with E-state index in [1.165, 1.54) is 12.8 Å². The van der Waals surface area contributed by atoms with Gasteiger partial charge in [0.05, 0.1) is 0 Å². The van der Waals surface area contributed by atoms with Crippen LogP contribution in [0.2, 0.25) is 0 Å². The SMILES string of the molecule is CC1(CC(=O)Nc2ccc(Br)cc2)CC1. The van der Waals surface area contributed by atoms with Crippen LogP contribution in [0.15, 0.2) is 28.7 Å². The van der Waals surface area contributed by atoms with Crippen molar-refractivity contribution in [2.75, 3.05) is 5.32 Å². The van der Waals surface area contributed by atoms with Crippen molar-refractivity contribution in [1.29, 1.82) is 0 Å². The number of nitrogens with one attached hydrogen (secondary N) is 1. The Morgan fingerprint density at radius 1 is 1.40 bits per heavy atom. The third-order valence-electron chi connectivity index (χ3n) is 2.82. The van der Waals surface area contributed by atoms with Crippen molar-refractivity contribution in [2.45, 2.75) is 26.2 Å². The lowest BCUT2D eigenvalue weighted by Crippen LogP contribution is -2.15. The molecule has 1 N–H and O–H groups in total. The predicted octanol–water partition coefficient (Wildman–Crippen LogP) is 3.58. The Morgan fingerprint density at radius 2 is 2.00 bits per heavy atom. The quantitative estimate of drug-likeness (QED) is 0.891. The van der Waals surface area contributed by atoms with Crippen LogP contribution in [-0.4, -0.2) is 5.91 Å². The molecular weight excluding hydrogens is 254 g/mol. The zero-order valence-electron chi connectivity index (χ0n) is 8.72. The van der Waals surface area contributed by atoms with E-state index in [1.807, 2.05) is 24.3 Å². The fourth-order valence-corrected chi connectivity index (χ4v) is 1.78. The van der Waals surface area contributed by atoms with Gasteiger partial charge in [-0.15, -0.1) is 0 Å². The third kappa shape index (κ3) is 3.06. The molecule has 0 heterocycles. The summed E-state index contributed by atoms with van der Waals surface area (Å²) in [6.45, 7) is 2.16. The van der Waals surface area contributed by atoms with Gasteiger partial charge in [0.1, 0.15) is 0 Å². The molecule has 0 aliphatic heterocycles. The van der Waals surface area contributed by atoms with Gasteiger partial charge in [-0.1, -0.05) is 22.9 Å². The molecule has 1 fully saturated rings. The fraction of sp³-hybridized carbons (Fsp3) is 0.417. The zero-order valence-corrected chi connectivity index (χ0v) is 10.3. The monoisotopic (exact) mass is 267 g/mol. The first-order valence-corrected chi connectivity index (χ1v) is 5.92. The summed E-state index contributed by atoms with van der Waals surface area (Å²) in [5, 5.41) is 2.91. The van der Waals surface area contributed by atoms with E-state index in [9.17, 15) is 4.79 Å². The Labute approximate surface area is 98.2 Å². The van der Waals surface area contributed by atoms with E-state index in [4.69, 9.17) is 0 Å². The maximum atomic E-state index is 11.6. The number of benzene rings is 1. The maximum Gasteiger partial charge on any atom is 0.224 e. The maximum absolute atomic E-state index is 11.6. The summed E-state index contributed by atoms with van der Waals surface area (Å²) < 4.78 is 1.02. The third-order valence-corrected chi connectivity index (χ3v) is 3.35. The summed E-state index contributed by atoms with van der Waals surface area (Å²) in [6.07, 6.45) is 3.00. The molecule has 0 bridgehead atoms. The average Bonchev–Trinajstić information content (AvgIpc) is 2.87. The van der Waals surface area contributed by atoms with Crippen LogP contribution in [0.3, 0.4) is 0 Å². The zero-order chi connectivity index (χ0) is 10.9. The van der Waals surface area contributed by atoms with Crippen LogP contribution in [0.1, 0.15) is 26.2 Å². The lowest BCUT2D eigenvalue weighted by Gasteiger charge is -2.08. The van der Waals surface area contributed by atoms with Crippen molar-refractivity contribution in [2.24, 2.45) is 5.41 Å². The molecule has 1 amide bonds. The number of hydrogen-bond acceptors (Lipinski definition) is 1. The highest BCUT2D eigenvalue weighted by atomic mass is 79.9. The Bertz CT molecular complexity index is 368. The number of amides is 1. The van der Waals surface area contributed by atoms with Gasteiger partial charge in [-0.3, -0.25) is 4.79 Å². The second-order valence-electron chi connectivity index (χ2n) is 4.54. The Hall–Kier alpha value is -0.830. The van der Waals surface area contributed by atoms with Crippen molar-refractivity contribution in [1.82, 2.24) is 0 Å². The summed E-state index contributed by atoms with van der Waals surface area (Å²) in [4.78, 5) is 11.6. The molecule has 2 nitrogen and oxygen atoms in total. The van der Waals surface area contributed by atoms with Crippen LogP contribution >= 0.6 is 15.9 Å². The molecule has 15 heavy (non-hydrogen) atoms. The molecule has 1 aromatic carbocycles. The first-order chi connectivity index (χ1) is 7.07. The molecule has 1 saturated carbocycles. The number of anilines is 1. The Morgan fingerprint density at radius 3 is 2.53 bits per heavy atom. The van der Waals surface area contributed by atoms with E-state index >= 15 is 0 Å². The molecular formula is C12H14BrNO. The Kier molecular flexibility index (Phi) is 2.83. The first-order valence-electron chi connectivity index (χ1n) is 5.13. The van der Waals surface area contributed by atoms with Crippen LogP contribution in [0.4, 0.5) is 5.69 Å². The van der Waals surface area contributed by atoms with Gasteiger partial charge in [0, 0.05) is 16.6 Å². The lowest BCUT2D eigenvalue weighted by molar-refractivity contribution is -0.117. The van der Waals surface area contributed by atoms with Crippen molar-refractivity contribution in [3.8, 4) is 0 Å². The molecule has 0 unspecified atom stereocenters. The second-order valence-corrected chi connectivity index (χ2v) is 5.46. The van der Waals surface area contributed by atoms with Crippen LogP contribution in [0.25, 0.3) is 0 Å². The normalized spacial score (nSPS) is 17.2. The van der Waals surface area contributed by atoms with Gasteiger partial charge in [0.15, 0.2) is 0 Å². The standard InChI is InChI=1S/C12H14BrNO/c1-12(6-7-12)8-11(15)14-10-4-2-9(13)3-5-10/h2-5H,6-8H2,1H3,(H,14,15). The molecule has 0 atom stereocenters. The topological polar surface area (TPSA) is 29.1 Å². The number of rotatable bonds is 3. The minimum absolute atomic E-state index is 0.123. The molecule has 3 heteroatoms. The number of carbonyl (C=O) groups excluding carboxylic acids is 1. The summed E-state index contributed by atoms with van der Waals surface area (Å²) in [5.74, 6) is 0.123. The van der Waals surface area contributed by atoms with Gasteiger partial charge in [0.25, 0.3) is 0 Å². The van der Waals surface area contributed by atoms with E-state index in [-0.39, 0.29) is 11.3 Å². The molecule has 0 spiro atoms. The smallest absolute Gasteiger partial charge is 0.224 e. The Balaban J connectivity index is 1.91. The summed E-state index contributed by atoms with van der Waals surface area (Å²) >= 11 is 3.36. The van der Waals surface area contributed by atoms with Crippen molar-refractivity contribution < 1.29 is 4.79 Å². The molecule has 80 valence electrons. The fourth-order valence-electron chi connectivity index (χ4n) is 1.52. The van der Waals surface area contributed by atoms with Crippen LogP contribution in [0.5, 0.6) is 0 Å². The van der Waals surface area contributed by atoms with Gasteiger partial charge in [-0.05, 0) is 42.5 Å². The van der Waals surface area contributed by atoms with E-state index in [2.05, 4.69) is 28.2 Å². The minimum atomic E-state index is 0.123. The van der Waals surface area contributed by atoms with Gasteiger partial charge < -0.3 is 5.32 Å². The molecule has 1 aromatic rings. The summed E-state index contributed by atoms with van der Waals surface area (Å²) in [6, 6.07) is 7.65. The molecule has 1 aliphatic rings. The van der Waals surface area contributed by atoms with Crippen molar-refractivity contribution in [3.63, 3.8) is 0 Å². The highest BCUT2D eigenvalue weighted by Gasteiger charge is 2.39. The largest absolute Gasteiger partial charge is 0.326 e.